The Hall–Kier alpha value is -0.200. The van der Waals surface area contributed by atoms with Crippen molar-refractivity contribution in [1.82, 2.24) is 10.2 Å². The number of likely N-dealkylation sites (tertiary alicyclic amines) is 1. The zero-order chi connectivity index (χ0) is 14.9. The summed E-state index contributed by atoms with van der Waals surface area (Å²) in [5, 5.41) is 13.3. The van der Waals surface area contributed by atoms with Gasteiger partial charge in [-0.15, -0.1) is 0 Å². The third-order valence-corrected chi connectivity index (χ3v) is 4.47. The molecule has 2 aliphatic heterocycles. The molecule has 2 heterocycles. The minimum atomic E-state index is -0.431. The van der Waals surface area contributed by atoms with Gasteiger partial charge < -0.3 is 19.9 Å². The molecule has 0 saturated carbocycles. The van der Waals surface area contributed by atoms with Crippen molar-refractivity contribution >= 4 is 0 Å². The first kappa shape index (κ1) is 17.2. The molecule has 0 bridgehead atoms. The molecule has 2 N–H and O–H groups in total. The van der Waals surface area contributed by atoms with Gasteiger partial charge in [-0.3, -0.25) is 4.90 Å². The van der Waals surface area contributed by atoms with Gasteiger partial charge in [-0.2, -0.15) is 0 Å². The first-order valence-electron chi connectivity index (χ1n) is 8.58. The zero-order valence-electron chi connectivity index (χ0n) is 13.4. The molecule has 5 nitrogen and oxygen atoms in total. The summed E-state index contributed by atoms with van der Waals surface area (Å²) in [6.07, 6.45) is 6.05. The molecule has 0 aliphatic carbocycles. The Kier molecular flexibility index (Phi) is 7.96. The van der Waals surface area contributed by atoms with Gasteiger partial charge in [0, 0.05) is 25.7 Å². The average Bonchev–Trinajstić information content (AvgIpc) is 3.01. The summed E-state index contributed by atoms with van der Waals surface area (Å²) >= 11 is 0. The maximum Gasteiger partial charge on any atom is 0.0897 e. The van der Waals surface area contributed by atoms with E-state index in [1.54, 1.807) is 0 Å². The predicted octanol–water partition coefficient (Wildman–Crippen LogP) is 1.01. The minimum Gasteiger partial charge on any atom is -0.389 e. The highest BCUT2D eigenvalue weighted by Gasteiger charge is 2.17. The number of piperidine rings is 1. The molecule has 0 amide bonds. The Morgan fingerprint density at radius 2 is 2.05 bits per heavy atom. The zero-order valence-corrected chi connectivity index (χ0v) is 13.4. The lowest BCUT2D eigenvalue weighted by molar-refractivity contribution is -0.0166. The molecule has 2 fully saturated rings. The van der Waals surface area contributed by atoms with Gasteiger partial charge >= 0.3 is 0 Å². The number of aliphatic hydroxyl groups is 1. The van der Waals surface area contributed by atoms with Crippen LogP contribution in [0.3, 0.4) is 0 Å². The lowest BCUT2D eigenvalue weighted by Crippen LogP contribution is -2.44. The van der Waals surface area contributed by atoms with E-state index in [-0.39, 0.29) is 6.10 Å². The summed E-state index contributed by atoms with van der Waals surface area (Å²) < 4.78 is 11.0. The van der Waals surface area contributed by atoms with Crippen molar-refractivity contribution in [2.24, 2.45) is 0 Å². The van der Waals surface area contributed by atoms with Crippen molar-refractivity contribution in [3.05, 3.63) is 0 Å². The monoisotopic (exact) mass is 300 g/mol. The van der Waals surface area contributed by atoms with Crippen molar-refractivity contribution in [1.29, 1.82) is 0 Å². The topological polar surface area (TPSA) is 54.0 Å². The third kappa shape index (κ3) is 6.61. The highest BCUT2D eigenvalue weighted by molar-refractivity contribution is 4.74. The van der Waals surface area contributed by atoms with Crippen LogP contribution in [0.1, 0.15) is 39.0 Å². The predicted molar refractivity (Wildman–Crippen MR) is 83.6 cm³/mol. The van der Waals surface area contributed by atoms with E-state index in [1.165, 1.54) is 32.4 Å². The molecule has 0 spiro atoms. The molecule has 2 rings (SSSR count). The van der Waals surface area contributed by atoms with E-state index >= 15 is 0 Å². The average molecular weight is 300 g/mol. The number of nitrogens with zero attached hydrogens (tertiary/aromatic N) is 1. The van der Waals surface area contributed by atoms with Crippen LogP contribution < -0.4 is 5.32 Å². The van der Waals surface area contributed by atoms with Crippen LogP contribution in [0.2, 0.25) is 0 Å². The van der Waals surface area contributed by atoms with Gasteiger partial charge in [0.15, 0.2) is 0 Å². The molecule has 2 aliphatic rings. The number of aliphatic hydroxyl groups excluding tert-OH is 1. The number of ether oxygens (including phenoxy) is 2. The molecule has 5 heteroatoms. The van der Waals surface area contributed by atoms with Crippen molar-refractivity contribution in [3.63, 3.8) is 0 Å². The van der Waals surface area contributed by atoms with Gasteiger partial charge in [0.05, 0.1) is 25.4 Å². The number of rotatable bonds is 9. The second kappa shape index (κ2) is 9.74. The Bertz CT molecular complexity index is 266. The summed E-state index contributed by atoms with van der Waals surface area (Å²) in [6.45, 7) is 8.09. The highest BCUT2D eigenvalue weighted by atomic mass is 16.5. The van der Waals surface area contributed by atoms with Gasteiger partial charge in [-0.1, -0.05) is 6.42 Å². The second-order valence-electron chi connectivity index (χ2n) is 6.43. The van der Waals surface area contributed by atoms with Crippen molar-refractivity contribution in [2.75, 3.05) is 46.0 Å². The van der Waals surface area contributed by atoms with Crippen LogP contribution in [0, 0.1) is 0 Å². The lowest BCUT2D eigenvalue weighted by atomic mass is 10.1. The normalized spacial score (nSPS) is 26.9. The van der Waals surface area contributed by atoms with E-state index in [0.29, 0.717) is 25.8 Å². The van der Waals surface area contributed by atoms with Crippen LogP contribution >= 0.6 is 0 Å². The fourth-order valence-corrected chi connectivity index (χ4v) is 3.12. The molecule has 3 atom stereocenters. The summed E-state index contributed by atoms with van der Waals surface area (Å²) in [7, 11) is 0. The smallest absolute Gasteiger partial charge is 0.0897 e. The standard InChI is InChI=1S/C16H32N2O3/c1-14(18-7-3-2-4-8-18)10-17-11-15(19)12-20-13-16-6-5-9-21-16/h14-17,19H,2-13H2,1H3. The molecule has 2 saturated heterocycles. The quantitative estimate of drug-likeness (QED) is 0.665. The Balaban J connectivity index is 1.47. The molecular weight excluding hydrogens is 268 g/mol. The van der Waals surface area contributed by atoms with Gasteiger partial charge in [0.25, 0.3) is 0 Å². The van der Waals surface area contributed by atoms with Gasteiger partial charge in [0.2, 0.25) is 0 Å². The van der Waals surface area contributed by atoms with Crippen LogP contribution in [-0.2, 0) is 9.47 Å². The van der Waals surface area contributed by atoms with Crippen LogP contribution in [0.25, 0.3) is 0 Å². The Morgan fingerprint density at radius 3 is 2.76 bits per heavy atom. The fraction of sp³-hybridized carbons (Fsp3) is 1.00. The van der Waals surface area contributed by atoms with Crippen LogP contribution in [0.4, 0.5) is 0 Å². The van der Waals surface area contributed by atoms with Gasteiger partial charge in [-0.05, 0) is 45.7 Å². The fourth-order valence-electron chi connectivity index (χ4n) is 3.12. The first-order valence-corrected chi connectivity index (χ1v) is 8.58. The van der Waals surface area contributed by atoms with Crippen LogP contribution in [-0.4, -0.2) is 74.3 Å². The second-order valence-corrected chi connectivity index (χ2v) is 6.43. The van der Waals surface area contributed by atoms with E-state index in [0.717, 1.165) is 26.0 Å². The maximum atomic E-state index is 9.90. The molecule has 0 radical (unpaired) electrons. The largest absolute Gasteiger partial charge is 0.389 e. The molecule has 0 aromatic rings. The first-order chi connectivity index (χ1) is 10.3. The lowest BCUT2D eigenvalue weighted by Gasteiger charge is -2.32. The van der Waals surface area contributed by atoms with Crippen molar-refractivity contribution < 1.29 is 14.6 Å². The Morgan fingerprint density at radius 1 is 1.24 bits per heavy atom. The third-order valence-electron chi connectivity index (χ3n) is 4.47. The van der Waals surface area contributed by atoms with E-state index in [1.807, 2.05) is 0 Å². The number of hydrogen-bond donors (Lipinski definition) is 2. The summed E-state index contributed by atoms with van der Waals surface area (Å²) in [4.78, 5) is 2.54. The summed E-state index contributed by atoms with van der Waals surface area (Å²) in [5.74, 6) is 0. The van der Waals surface area contributed by atoms with Crippen LogP contribution in [0.5, 0.6) is 0 Å². The van der Waals surface area contributed by atoms with Crippen molar-refractivity contribution in [2.45, 2.75) is 57.3 Å². The molecule has 3 unspecified atom stereocenters. The van der Waals surface area contributed by atoms with Gasteiger partial charge in [-0.25, -0.2) is 0 Å². The van der Waals surface area contributed by atoms with E-state index in [9.17, 15) is 5.11 Å². The van der Waals surface area contributed by atoms with E-state index in [2.05, 4.69) is 17.1 Å². The number of hydrogen-bond acceptors (Lipinski definition) is 5. The minimum absolute atomic E-state index is 0.240. The molecule has 0 aromatic heterocycles. The molecule has 124 valence electrons. The van der Waals surface area contributed by atoms with E-state index in [4.69, 9.17) is 9.47 Å². The Labute approximate surface area is 129 Å². The maximum absolute atomic E-state index is 9.90. The van der Waals surface area contributed by atoms with Crippen molar-refractivity contribution in [3.8, 4) is 0 Å². The SMILES string of the molecule is CC(CNCC(O)COCC1CCCO1)N1CCCCC1. The van der Waals surface area contributed by atoms with Gasteiger partial charge in [0.1, 0.15) is 0 Å². The summed E-state index contributed by atoms with van der Waals surface area (Å²) in [6, 6.07) is 0.547. The van der Waals surface area contributed by atoms with Crippen LogP contribution in [0.15, 0.2) is 0 Å². The van der Waals surface area contributed by atoms with E-state index < -0.39 is 6.10 Å². The molecular formula is C16H32N2O3. The number of nitrogens with one attached hydrogen (secondary N) is 1. The highest BCUT2D eigenvalue weighted by Crippen LogP contribution is 2.12. The molecule has 0 aromatic carbocycles. The molecule has 21 heavy (non-hydrogen) atoms. The summed E-state index contributed by atoms with van der Waals surface area (Å²) in [5.41, 5.74) is 0.